The van der Waals surface area contributed by atoms with Crippen molar-refractivity contribution in [1.82, 2.24) is 9.97 Å². The van der Waals surface area contributed by atoms with E-state index in [1.807, 2.05) is 0 Å². The van der Waals surface area contributed by atoms with Crippen molar-refractivity contribution in [2.45, 2.75) is 6.18 Å². The van der Waals surface area contributed by atoms with Crippen LogP contribution in [0.3, 0.4) is 0 Å². The number of aromatic amines is 1. The molecule has 7 heteroatoms. The molecule has 0 aliphatic heterocycles. The van der Waals surface area contributed by atoms with Crippen LogP contribution in [0.25, 0.3) is 11.0 Å². The number of nitrogens with one attached hydrogen (secondary N) is 1. The van der Waals surface area contributed by atoms with Gasteiger partial charge in [-0.2, -0.15) is 13.2 Å². The Hall–Kier alpha value is -1.43. The van der Waals surface area contributed by atoms with Gasteiger partial charge in [0.05, 0.1) is 11.0 Å². The second-order valence-electron chi connectivity index (χ2n) is 2.86. The Kier molecular flexibility index (Phi) is 2.81. The molecular weight excluding hydrogens is 231 g/mol. The Morgan fingerprint density at radius 3 is 2.53 bits per heavy atom. The van der Waals surface area contributed by atoms with Crippen molar-refractivity contribution in [2.75, 3.05) is 5.73 Å². The van der Waals surface area contributed by atoms with E-state index >= 15 is 0 Å². The fraction of sp³-hybridized carbons (Fsp3) is 0.125. The molecule has 3 nitrogen and oxygen atoms in total. The monoisotopic (exact) mass is 237 g/mol. The van der Waals surface area contributed by atoms with Crippen LogP contribution in [-0.2, 0) is 6.18 Å². The smallest absolute Gasteiger partial charge is 0.399 e. The van der Waals surface area contributed by atoms with Gasteiger partial charge >= 0.3 is 6.18 Å². The van der Waals surface area contributed by atoms with Gasteiger partial charge in [-0.1, -0.05) is 0 Å². The maximum atomic E-state index is 12.2. The predicted molar refractivity (Wildman–Crippen MR) is 52.8 cm³/mol. The zero-order chi connectivity index (χ0) is 10.3. The molecule has 0 radical (unpaired) electrons. The molecule has 1 heterocycles. The Morgan fingerprint density at radius 1 is 1.27 bits per heavy atom. The number of aromatic nitrogens is 2. The maximum Gasteiger partial charge on any atom is 0.449 e. The fourth-order valence-electron chi connectivity index (χ4n) is 1.16. The standard InChI is InChI=1S/C8H6F3N3.ClH/c9-8(10,11)7-13-5-2-1-4(12)3-6(5)14-7;/h1-3H,12H2,(H,13,14);1H. The average Bonchev–Trinajstić information content (AvgIpc) is 2.45. The lowest BCUT2D eigenvalue weighted by Crippen LogP contribution is -2.06. The minimum absolute atomic E-state index is 0. The van der Waals surface area contributed by atoms with Crippen LogP contribution in [0.15, 0.2) is 18.2 Å². The molecule has 1 aromatic heterocycles. The Labute approximate surface area is 88.9 Å². The number of rotatable bonds is 0. The molecule has 15 heavy (non-hydrogen) atoms. The molecule has 0 spiro atoms. The number of fused-ring (bicyclic) bond motifs is 1. The van der Waals surface area contributed by atoms with Gasteiger partial charge in [0.15, 0.2) is 0 Å². The third kappa shape index (κ3) is 2.15. The summed E-state index contributed by atoms with van der Waals surface area (Å²) in [7, 11) is 0. The molecule has 2 aromatic rings. The minimum Gasteiger partial charge on any atom is -0.399 e. The van der Waals surface area contributed by atoms with Crippen molar-refractivity contribution in [3.05, 3.63) is 24.0 Å². The van der Waals surface area contributed by atoms with Crippen LogP contribution in [-0.4, -0.2) is 9.97 Å². The number of imidazole rings is 1. The zero-order valence-corrected chi connectivity index (χ0v) is 8.12. The van der Waals surface area contributed by atoms with Crippen LogP contribution in [0.4, 0.5) is 18.9 Å². The third-order valence-electron chi connectivity index (χ3n) is 1.77. The second kappa shape index (κ2) is 3.62. The van der Waals surface area contributed by atoms with Crippen LogP contribution in [0.2, 0.25) is 0 Å². The fourth-order valence-corrected chi connectivity index (χ4v) is 1.16. The molecule has 0 saturated heterocycles. The van der Waals surface area contributed by atoms with E-state index in [-0.39, 0.29) is 23.4 Å². The summed E-state index contributed by atoms with van der Waals surface area (Å²) in [5.74, 6) is -1.00. The molecule has 0 saturated carbocycles. The highest BCUT2D eigenvalue weighted by atomic mass is 35.5. The SMILES string of the molecule is Cl.Nc1ccc2nc(C(F)(F)F)[nH]c2c1. The molecule has 0 unspecified atom stereocenters. The van der Waals surface area contributed by atoms with Gasteiger partial charge < -0.3 is 10.7 Å². The van der Waals surface area contributed by atoms with Crippen LogP contribution in [0, 0.1) is 0 Å². The van der Waals surface area contributed by atoms with Gasteiger partial charge in [0.1, 0.15) is 0 Å². The highest BCUT2D eigenvalue weighted by Gasteiger charge is 2.34. The van der Waals surface area contributed by atoms with Gasteiger partial charge in [-0.3, -0.25) is 0 Å². The first-order valence-corrected chi connectivity index (χ1v) is 3.79. The Balaban J connectivity index is 0.00000112. The molecule has 0 aliphatic carbocycles. The van der Waals surface area contributed by atoms with Gasteiger partial charge in [0, 0.05) is 5.69 Å². The van der Waals surface area contributed by atoms with E-state index in [0.717, 1.165) is 0 Å². The van der Waals surface area contributed by atoms with Gasteiger partial charge in [-0.15, -0.1) is 12.4 Å². The predicted octanol–water partition coefficient (Wildman–Crippen LogP) is 2.59. The number of H-pyrrole nitrogens is 1. The molecule has 0 fully saturated rings. The number of halogens is 4. The quantitative estimate of drug-likeness (QED) is 0.692. The average molecular weight is 238 g/mol. The van der Waals surface area contributed by atoms with Gasteiger partial charge in [0.25, 0.3) is 0 Å². The molecular formula is C8H7ClF3N3. The lowest BCUT2D eigenvalue weighted by atomic mass is 10.3. The van der Waals surface area contributed by atoms with Crippen LogP contribution in [0.5, 0.6) is 0 Å². The van der Waals surface area contributed by atoms with Crippen molar-refractivity contribution in [3.63, 3.8) is 0 Å². The highest BCUT2D eigenvalue weighted by molar-refractivity contribution is 5.85. The van der Waals surface area contributed by atoms with Crippen LogP contribution in [0.1, 0.15) is 5.82 Å². The maximum absolute atomic E-state index is 12.2. The van der Waals surface area contributed by atoms with Crippen molar-refractivity contribution in [3.8, 4) is 0 Å². The molecule has 0 aliphatic rings. The summed E-state index contributed by atoms with van der Waals surface area (Å²) >= 11 is 0. The van der Waals surface area contributed by atoms with E-state index in [9.17, 15) is 13.2 Å². The molecule has 0 atom stereocenters. The van der Waals surface area contributed by atoms with E-state index < -0.39 is 12.0 Å². The lowest BCUT2D eigenvalue weighted by Gasteiger charge is -1.98. The number of nitrogen functional groups attached to an aromatic ring is 1. The largest absolute Gasteiger partial charge is 0.449 e. The van der Waals surface area contributed by atoms with Crippen molar-refractivity contribution in [1.29, 1.82) is 0 Å². The molecule has 3 N–H and O–H groups in total. The van der Waals surface area contributed by atoms with Gasteiger partial charge in [-0.05, 0) is 18.2 Å². The van der Waals surface area contributed by atoms with E-state index in [2.05, 4.69) is 9.97 Å². The molecule has 1 aromatic carbocycles. The normalized spacial score (nSPS) is 11.4. The molecule has 0 bridgehead atoms. The number of hydrogen-bond acceptors (Lipinski definition) is 2. The summed E-state index contributed by atoms with van der Waals surface area (Å²) in [6.07, 6.45) is -4.45. The van der Waals surface area contributed by atoms with Crippen molar-refractivity contribution < 1.29 is 13.2 Å². The lowest BCUT2D eigenvalue weighted by molar-refractivity contribution is -0.144. The first-order chi connectivity index (χ1) is 6.47. The highest BCUT2D eigenvalue weighted by Crippen LogP contribution is 2.28. The van der Waals surface area contributed by atoms with Crippen LogP contribution < -0.4 is 5.73 Å². The molecule has 0 amide bonds. The number of benzene rings is 1. The summed E-state index contributed by atoms with van der Waals surface area (Å²) < 4.78 is 36.6. The van der Waals surface area contributed by atoms with Crippen LogP contribution >= 0.6 is 12.4 Å². The number of anilines is 1. The van der Waals surface area contributed by atoms with Crippen molar-refractivity contribution in [2.24, 2.45) is 0 Å². The van der Waals surface area contributed by atoms with E-state index in [1.165, 1.54) is 18.2 Å². The number of hydrogen-bond donors (Lipinski definition) is 2. The summed E-state index contributed by atoms with van der Waals surface area (Å²) in [5, 5.41) is 0. The zero-order valence-electron chi connectivity index (χ0n) is 7.30. The topological polar surface area (TPSA) is 54.7 Å². The third-order valence-corrected chi connectivity index (χ3v) is 1.77. The summed E-state index contributed by atoms with van der Waals surface area (Å²) in [5.41, 5.74) is 6.36. The van der Waals surface area contributed by atoms with E-state index in [4.69, 9.17) is 5.73 Å². The van der Waals surface area contributed by atoms with Crippen molar-refractivity contribution >= 4 is 29.1 Å². The first-order valence-electron chi connectivity index (χ1n) is 3.79. The molecule has 82 valence electrons. The van der Waals surface area contributed by atoms with Gasteiger partial charge in [0.2, 0.25) is 5.82 Å². The van der Waals surface area contributed by atoms with E-state index in [1.54, 1.807) is 0 Å². The Bertz CT molecular complexity index is 477. The van der Waals surface area contributed by atoms with Gasteiger partial charge in [-0.25, -0.2) is 4.98 Å². The summed E-state index contributed by atoms with van der Waals surface area (Å²) in [6.45, 7) is 0. The summed E-state index contributed by atoms with van der Waals surface area (Å²) in [6, 6.07) is 4.36. The number of alkyl halides is 3. The molecule has 2 rings (SSSR count). The second-order valence-corrected chi connectivity index (χ2v) is 2.86. The number of nitrogens with two attached hydrogens (primary N) is 1. The first kappa shape index (κ1) is 11.6. The minimum atomic E-state index is -4.45. The number of nitrogens with zero attached hydrogens (tertiary/aromatic N) is 1. The van der Waals surface area contributed by atoms with E-state index in [0.29, 0.717) is 5.69 Å². The Morgan fingerprint density at radius 2 is 1.93 bits per heavy atom. The summed E-state index contributed by atoms with van der Waals surface area (Å²) in [4.78, 5) is 5.55.